The third-order valence-electron chi connectivity index (χ3n) is 3.92. The molecule has 0 bridgehead atoms. The molecule has 0 spiro atoms. The SMILES string of the molecule is Cc1ccccc1NC(=O)CCSc1nc2ccccc2c(=O)n1C. The normalized spacial score (nSPS) is 10.8. The summed E-state index contributed by atoms with van der Waals surface area (Å²) in [6.45, 7) is 1.96. The number of para-hydroxylation sites is 2. The first kappa shape index (κ1) is 17.2. The molecule has 0 unspecified atom stereocenters. The number of carbonyl (C=O) groups excluding carboxylic acids is 1. The highest BCUT2D eigenvalue weighted by Gasteiger charge is 2.10. The fraction of sp³-hybridized carbons (Fsp3) is 0.211. The number of thioether (sulfide) groups is 1. The minimum absolute atomic E-state index is 0.0485. The van der Waals surface area contributed by atoms with E-state index in [1.165, 1.54) is 16.3 Å². The van der Waals surface area contributed by atoms with Gasteiger partial charge in [-0.3, -0.25) is 14.2 Å². The number of aryl methyl sites for hydroxylation is 1. The summed E-state index contributed by atoms with van der Waals surface area (Å²) in [5, 5.41) is 4.13. The molecule has 5 nitrogen and oxygen atoms in total. The lowest BCUT2D eigenvalue weighted by Gasteiger charge is -2.09. The number of nitrogens with one attached hydrogen (secondary N) is 1. The molecule has 0 aliphatic rings. The molecule has 0 radical (unpaired) electrons. The molecule has 6 heteroatoms. The van der Waals surface area contributed by atoms with Crippen molar-refractivity contribution in [1.82, 2.24) is 9.55 Å². The zero-order valence-corrected chi connectivity index (χ0v) is 15.0. The van der Waals surface area contributed by atoms with E-state index in [9.17, 15) is 9.59 Å². The van der Waals surface area contributed by atoms with Gasteiger partial charge in [-0.25, -0.2) is 4.98 Å². The largest absolute Gasteiger partial charge is 0.326 e. The van der Waals surface area contributed by atoms with E-state index in [1.54, 1.807) is 13.1 Å². The first-order valence-electron chi connectivity index (χ1n) is 8.00. The van der Waals surface area contributed by atoms with Crippen LogP contribution in [0, 0.1) is 6.92 Å². The molecule has 1 heterocycles. The van der Waals surface area contributed by atoms with Gasteiger partial charge in [0.15, 0.2) is 5.16 Å². The highest BCUT2D eigenvalue weighted by atomic mass is 32.2. The Balaban J connectivity index is 1.65. The summed E-state index contributed by atoms with van der Waals surface area (Å²) in [4.78, 5) is 29.0. The average molecular weight is 353 g/mol. The summed E-state index contributed by atoms with van der Waals surface area (Å²) < 4.78 is 1.53. The van der Waals surface area contributed by atoms with Crippen molar-refractivity contribution in [3.63, 3.8) is 0 Å². The van der Waals surface area contributed by atoms with E-state index < -0.39 is 0 Å². The first-order valence-corrected chi connectivity index (χ1v) is 8.99. The van der Waals surface area contributed by atoms with Crippen LogP contribution in [0.2, 0.25) is 0 Å². The van der Waals surface area contributed by atoms with Crippen LogP contribution in [0.25, 0.3) is 10.9 Å². The van der Waals surface area contributed by atoms with Crippen molar-refractivity contribution < 1.29 is 4.79 Å². The Morgan fingerprint density at radius 2 is 1.88 bits per heavy atom. The fourth-order valence-corrected chi connectivity index (χ4v) is 3.40. The number of fused-ring (bicyclic) bond motifs is 1. The maximum Gasteiger partial charge on any atom is 0.261 e. The monoisotopic (exact) mass is 353 g/mol. The number of hydrogen-bond donors (Lipinski definition) is 1. The van der Waals surface area contributed by atoms with Crippen LogP contribution in [-0.4, -0.2) is 21.2 Å². The molecule has 0 saturated heterocycles. The van der Waals surface area contributed by atoms with Gasteiger partial charge in [-0.1, -0.05) is 42.1 Å². The first-order chi connectivity index (χ1) is 12.1. The lowest BCUT2D eigenvalue weighted by atomic mass is 10.2. The number of carbonyl (C=O) groups is 1. The van der Waals surface area contributed by atoms with Crippen LogP contribution in [0.5, 0.6) is 0 Å². The van der Waals surface area contributed by atoms with Crippen molar-refractivity contribution in [2.75, 3.05) is 11.1 Å². The van der Waals surface area contributed by atoms with Gasteiger partial charge in [0.05, 0.1) is 10.9 Å². The van der Waals surface area contributed by atoms with E-state index >= 15 is 0 Å². The molecule has 0 aliphatic carbocycles. The molecule has 2 aromatic carbocycles. The summed E-state index contributed by atoms with van der Waals surface area (Å²) >= 11 is 1.41. The van der Waals surface area contributed by atoms with Gasteiger partial charge in [-0.2, -0.15) is 0 Å². The van der Waals surface area contributed by atoms with Crippen molar-refractivity contribution >= 4 is 34.3 Å². The number of aromatic nitrogens is 2. The second-order valence-electron chi connectivity index (χ2n) is 5.74. The number of amides is 1. The Kier molecular flexibility index (Phi) is 5.19. The summed E-state index contributed by atoms with van der Waals surface area (Å²) in [5.74, 6) is 0.503. The number of rotatable bonds is 5. The lowest BCUT2D eigenvalue weighted by Crippen LogP contribution is -2.20. The molecule has 128 valence electrons. The highest BCUT2D eigenvalue weighted by molar-refractivity contribution is 7.99. The summed E-state index contributed by atoms with van der Waals surface area (Å²) in [7, 11) is 1.71. The van der Waals surface area contributed by atoms with Crippen molar-refractivity contribution in [3.05, 3.63) is 64.4 Å². The van der Waals surface area contributed by atoms with Gasteiger partial charge < -0.3 is 5.32 Å². The van der Waals surface area contributed by atoms with Gasteiger partial charge in [0.2, 0.25) is 5.91 Å². The van der Waals surface area contributed by atoms with E-state index in [4.69, 9.17) is 0 Å². The Hall–Kier alpha value is -2.60. The van der Waals surface area contributed by atoms with Crippen molar-refractivity contribution in [2.45, 2.75) is 18.5 Å². The molecule has 1 amide bonds. The molecule has 25 heavy (non-hydrogen) atoms. The standard InChI is InChI=1S/C19H19N3O2S/c1-13-7-3-5-9-15(13)20-17(23)11-12-25-19-21-16-10-6-4-8-14(16)18(24)22(19)2/h3-10H,11-12H2,1-2H3,(H,20,23). The predicted molar refractivity (Wildman–Crippen MR) is 102 cm³/mol. The third kappa shape index (κ3) is 3.91. The average Bonchev–Trinajstić information content (AvgIpc) is 2.61. The zero-order chi connectivity index (χ0) is 17.8. The second kappa shape index (κ2) is 7.53. The smallest absolute Gasteiger partial charge is 0.261 e. The Morgan fingerprint density at radius 3 is 2.68 bits per heavy atom. The topological polar surface area (TPSA) is 64.0 Å². The van der Waals surface area contributed by atoms with Crippen LogP contribution in [-0.2, 0) is 11.8 Å². The molecule has 1 aromatic heterocycles. The zero-order valence-electron chi connectivity index (χ0n) is 14.2. The molecule has 0 aliphatic heterocycles. The van der Waals surface area contributed by atoms with E-state index in [0.717, 1.165) is 11.3 Å². The molecule has 0 saturated carbocycles. The molecule has 0 fully saturated rings. The van der Waals surface area contributed by atoms with E-state index in [1.807, 2.05) is 49.4 Å². The van der Waals surface area contributed by atoms with Gasteiger partial charge in [0.1, 0.15) is 0 Å². The number of benzene rings is 2. The van der Waals surface area contributed by atoms with E-state index in [0.29, 0.717) is 28.2 Å². The maximum atomic E-state index is 12.4. The van der Waals surface area contributed by atoms with Crippen molar-refractivity contribution in [2.24, 2.45) is 7.05 Å². The number of hydrogen-bond acceptors (Lipinski definition) is 4. The molecule has 3 aromatic rings. The van der Waals surface area contributed by atoms with Crippen LogP contribution in [0.4, 0.5) is 5.69 Å². The summed E-state index contributed by atoms with van der Waals surface area (Å²) in [6, 6.07) is 15.0. The maximum absolute atomic E-state index is 12.4. The number of nitrogens with zero attached hydrogens (tertiary/aromatic N) is 2. The molecule has 1 N–H and O–H groups in total. The van der Waals surface area contributed by atoms with Crippen molar-refractivity contribution in [3.8, 4) is 0 Å². The Labute approximate surface area is 150 Å². The molecular formula is C19H19N3O2S. The minimum atomic E-state index is -0.0718. The van der Waals surface area contributed by atoms with Gasteiger partial charge >= 0.3 is 0 Å². The van der Waals surface area contributed by atoms with Crippen LogP contribution in [0.15, 0.2) is 58.5 Å². The van der Waals surface area contributed by atoms with E-state index in [2.05, 4.69) is 10.3 Å². The van der Waals surface area contributed by atoms with Crippen LogP contribution < -0.4 is 10.9 Å². The lowest BCUT2D eigenvalue weighted by molar-refractivity contribution is -0.115. The fourth-order valence-electron chi connectivity index (χ4n) is 2.49. The summed E-state index contributed by atoms with van der Waals surface area (Å²) in [6.07, 6.45) is 0.349. The quantitative estimate of drug-likeness (QED) is 0.564. The van der Waals surface area contributed by atoms with Crippen LogP contribution in [0.3, 0.4) is 0 Å². The summed E-state index contributed by atoms with van der Waals surface area (Å²) in [5.41, 5.74) is 2.46. The van der Waals surface area contributed by atoms with Gasteiger partial charge in [0.25, 0.3) is 5.56 Å². The third-order valence-corrected chi connectivity index (χ3v) is 4.95. The molecule has 3 rings (SSSR count). The van der Waals surface area contributed by atoms with Crippen molar-refractivity contribution in [1.29, 1.82) is 0 Å². The van der Waals surface area contributed by atoms with Gasteiger partial charge in [0, 0.05) is 24.9 Å². The van der Waals surface area contributed by atoms with Gasteiger partial charge in [-0.05, 0) is 30.7 Å². The molecular weight excluding hydrogens is 334 g/mol. The Morgan fingerprint density at radius 1 is 1.16 bits per heavy atom. The second-order valence-corrected chi connectivity index (χ2v) is 6.80. The van der Waals surface area contributed by atoms with E-state index in [-0.39, 0.29) is 11.5 Å². The van der Waals surface area contributed by atoms with Crippen LogP contribution >= 0.6 is 11.8 Å². The highest BCUT2D eigenvalue weighted by Crippen LogP contribution is 2.18. The molecule has 0 atom stereocenters. The predicted octanol–water partition coefficient (Wildman–Crippen LogP) is 3.36. The minimum Gasteiger partial charge on any atom is -0.326 e. The van der Waals surface area contributed by atoms with Gasteiger partial charge in [-0.15, -0.1) is 0 Å². The number of anilines is 1. The van der Waals surface area contributed by atoms with Crippen LogP contribution in [0.1, 0.15) is 12.0 Å². The Bertz CT molecular complexity index is 982.